The van der Waals surface area contributed by atoms with E-state index in [4.69, 9.17) is 21.1 Å². The first-order chi connectivity index (χ1) is 9.26. The van der Waals surface area contributed by atoms with Gasteiger partial charge < -0.3 is 9.47 Å². The molecule has 2 fully saturated rings. The molecule has 0 saturated carbocycles. The largest absolute Gasteiger partial charge is 0.489 e. The summed E-state index contributed by atoms with van der Waals surface area (Å²) in [6, 6.07) is 3.65. The van der Waals surface area contributed by atoms with E-state index < -0.39 is 0 Å². The maximum absolute atomic E-state index is 6.06. The fraction of sp³-hybridized carbons (Fsp3) is 0.643. The minimum Gasteiger partial charge on any atom is -0.489 e. The quantitative estimate of drug-likeness (QED) is 0.782. The van der Waals surface area contributed by atoms with E-state index in [-0.39, 0.29) is 11.7 Å². The maximum atomic E-state index is 6.06. The molecule has 1 spiro atoms. The van der Waals surface area contributed by atoms with Crippen LogP contribution in [0.3, 0.4) is 0 Å². The Morgan fingerprint density at radius 2 is 2.21 bits per heavy atom. The number of hydrogen-bond donors (Lipinski definition) is 0. The third-order valence-corrected chi connectivity index (χ3v) is 5.06. The summed E-state index contributed by atoms with van der Waals surface area (Å²) in [6.45, 7) is 0.802. The van der Waals surface area contributed by atoms with Crippen molar-refractivity contribution >= 4 is 23.4 Å². The number of pyridine rings is 1. The summed E-state index contributed by atoms with van der Waals surface area (Å²) < 4.78 is 12.1. The van der Waals surface area contributed by atoms with Crippen molar-refractivity contribution in [1.29, 1.82) is 0 Å². The van der Waals surface area contributed by atoms with Crippen molar-refractivity contribution in [2.45, 2.75) is 37.4 Å². The number of nitrogens with zero attached hydrogens (tertiary/aromatic N) is 1. The van der Waals surface area contributed by atoms with E-state index in [0.717, 1.165) is 38.0 Å². The molecule has 0 bridgehead atoms. The molecule has 2 saturated heterocycles. The van der Waals surface area contributed by atoms with Crippen LogP contribution in [0.5, 0.6) is 5.75 Å². The Hall–Kier alpha value is -0.450. The fourth-order valence-corrected chi connectivity index (χ4v) is 4.15. The standard InChI is InChI=1S/C14H18ClNO2S/c15-13-2-1-12(10-16-13)18-11-3-6-17-14(9-11)4-7-19-8-5-14/h1-2,10-11H,3-9H2. The van der Waals surface area contributed by atoms with Crippen LogP contribution < -0.4 is 4.74 Å². The van der Waals surface area contributed by atoms with E-state index in [1.54, 1.807) is 12.3 Å². The normalized spacial score (nSPS) is 26.3. The molecule has 0 aromatic carbocycles. The van der Waals surface area contributed by atoms with Gasteiger partial charge in [0, 0.05) is 12.8 Å². The predicted octanol–water partition coefficient (Wildman–Crippen LogP) is 3.56. The number of thioether (sulfide) groups is 1. The van der Waals surface area contributed by atoms with Gasteiger partial charge in [-0.1, -0.05) is 11.6 Å². The van der Waals surface area contributed by atoms with Crippen LogP contribution in [-0.4, -0.2) is 34.8 Å². The second kappa shape index (κ2) is 5.90. The highest BCUT2D eigenvalue weighted by molar-refractivity contribution is 7.99. The van der Waals surface area contributed by atoms with Crippen LogP contribution in [0.25, 0.3) is 0 Å². The summed E-state index contributed by atoms with van der Waals surface area (Å²) in [5, 5.41) is 0.500. The highest BCUT2D eigenvalue weighted by Gasteiger charge is 2.39. The Labute approximate surface area is 123 Å². The molecule has 3 nitrogen and oxygen atoms in total. The van der Waals surface area contributed by atoms with Crippen molar-refractivity contribution < 1.29 is 9.47 Å². The molecule has 0 amide bonds. The summed E-state index contributed by atoms with van der Waals surface area (Å²) in [4.78, 5) is 4.05. The first kappa shape index (κ1) is 13.5. The van der Waals surface area contributed by atoms with Crippen molar-refractivity contribution in [3.8, 4) is 5.75 Å². The summed E-state index contributed by atoms with van der Waals surface area (Å²) >= 11 is 7.81. The fourth-order valence-electron chi connectivity index (χ4n) is 2.80. The zero-order valence-corrected chi connectivity index (χ0v) is 12.4. The Morgan fingerprint density at radius 3 is 2.95 bits per heavy atom. The number of ether oxygens (including phenoxy) is 2. The maximum Gasteiger partial charge on any atom is 0.138 e. The lowest BCUT2D eigenvalue weighted by Crippen LogP contribution is -2.46. The molecule has 104 valence electrons. The average Bonchev–Trinajstić information content (AvgIpc) is 2.42. The van der Waals surface area contributed by atoms with Gasteiger partial charge in [0.05, 0.1) is 18.4 Å². The van der Waals surface area contributed by atoms with Crippen LogP contribution in [0, 0.1) is 0 Å². The summed E-state index contributed by atoms with van der Waals surface area (Å²) in [5.74, 6) is 3.21. The van der Waals surface area contributed by atoms with Gasteiger partial charge in [0.1, 0.15) is 17.0 Å². The number of aromatic nitrogens is 1. The predicted molar refractivity (Wildman–Crippen MR) is 78.1 cm³/mol. The molecular weight excluding hydrogens is 282 g/mol. The lowest BCUT2D eigenvalue weighted by atomic mass is 9.86. The number of hydrogen-bond acceptors (Lipinski definition) is 4. The molecule has 0 radical (unpaired) electrons. The molecule has 1 atom stereocenters. The van der Waals surface area contributed by atoms with E-state index in [2.05, 4.69) is 4.98 Å². The summed E-state index contributed by atoms with van der Waals surface area (Å²) in [5.41, 5.74) is 0.0635. The molecule has 5 heteroatoms. The lowest BCUT2D eigenvalue weighted by Gasteiger charge is -2.43. The third-order valence-electron chi connectivity index (χ3n) is 3.85. The topological polar surface area (TPSA) is 31.4 Å². The van der Waals surface area contributed by atoms with Gasteiger partial charge in [0.15, 0.2) is 0 Å². The van der Waals surface area contributed by atoms with E-state index in [0.29, 0.717) is 5.15 Å². The lowest BCUT2D eigenvalue weighted by molar-refractivity contribution is -0.116. The van der Waals surface area contributed by atoms with Crippen LogP contribution in [-0.2, 0) is 4.74 Å². The zero-order chi connectivity index (χ0) is 13.1. The first-order valence-corrected chi connectivity index (χ1v) is 8.29. The Balaban J connectivity index is 1.63. The molecule has 1 unspecified atom stereocenters. The van der Waals surface area contributed by atoms with E-state index >= 15 is 0 Å². The van der Waals surface area contributed by atoms with Crippen LogP contribution in [0.15, 0.2) is 18.3 Å². The first-order valence-electron chi connectivity index (χ1n) is 6.76. The van der Waals surface area contributed by atoms with Gasteiger partial charge in [-0.3, -0.25) is 0 Å². The van der Waals surface area contributed by atoms with Gasteiger partial charge in [-0.15, -0.1) is 0 Å². The van der Waals surface area contributed by atoms with E-state index in [1.807, 2.05) is 17.8 Å². The van der Waals surface area contributed by atoms with Gasteiger partial charge in [0.2, 0.25) is 0 Å². The monoisotopic (exact) mass is 299 g/mol. The van der Waals surface area contributed by atoms with Crippen LogP contribution in [0.4, 0.5) is 0 Å². The highest BCUT2D eigenvalue weighted by atomic mass is 35.5. The van der Waals surface area contributed by atoms with Gasteiger partial charge in [0.25, 0.3) is 0 Å². The zero-order valence-electron chi connectivity index (χ0n) is 10.8. The number of halogens is 1. The highest BCUT2D eigenvalue weighted by Crippen LogP contribution is 2.38. The summed E-state index contributed by atoms with van der Waals surface area (Å²) in [6.07, 6.45) is 6.18. The van der Waals surface area contributed by atoms with Crippen molar-refractivity contribution in [3.05, 3.63) is 23.5 Å². The van der Waals surface area contributed by atoms with Gasteiger partial charge in [-0.25, -0.2) is 4.98 Å². The van der Waals surface area contributed by atoms with Gasteiger partial charge in [-0.05, 0) is 36.5 Å². The molecular formula is C14H18ClNO2S. The smallest absolute Gasteiger partial charge is 0.138 e. The molecule has 19 heavy (non-hydrogen) atoms. The van der Waals surface area contributed by atoms with E-state index in [1.165, 1.54) is 11.5 Å². The molecule has 3 heterocycles. The molecule has 3 rings (SSSR count). The van der Waals surface area contributed by atoms with Crippen molar-refractivity contribution in [2.75, 3.05) is 18.1 Å². The van der Waals surface area contributed by atoms with Crippen molar-refractivity contribution in [3.63, 3.8) is 0 Å². The Kier molecular flexibility index (Phi) is 4.20. The molecule has 1 aromatic rings. The minimum atomic E-state index is 0.0635. The van der Waals surface area contributed by atoms with Gasteiger partial charge in [-0.2, -0.15) is 11.8 Å². The summed E-state index contributed by atoms with van der Waals surface area (Å²) in [7, 11) is 0. The Morgan fingerprint density at radius 1 is 1.37 bits per heavy atom. The SMILES string of the molecule is Clc1ccc(OC2CCOC3(CCSCC3)C2)cn1. The minimum absolute atomic E-state index is 0.0635. The third kappa shape index (κ3) is 3.36. The van der Waals surface area contributed by atoms with Crippen LogP contribution in [0.2, 0.25) is 5.15 Å². The second-order valence-electron chi connectivity index (χ2n) is 5.19. The number of rotatable bonds is 2. The average molecular weight is 300 g/mol. The molecule has 2 aliphatic rings. The van der Waals surface area contributed by atoms with E-state index in [9.17, 15) is 0 Å². The van der Waals surface area contributed by atoms with Gasteiger partial charge >= 0.3 is 0 Å². The molecule has 0 aliphatic carbocycles. The molecule has 0 N–H and O–H groups in total. The molecule has 1 aromatic heterocycles. The van der Waals surface area contributed by atoms with Crippen molar-refractivity contribution in [1.82, 2.24) is 4.98 Å². The second-order valence-corrected chi connectivity index (χ2v) is 6.81. The molecule has 2 aliphatic heterocycles. The van der Waals surface area contributed by atoms with Crippen molar-refractivity contribution in [2.24, 2.45) is 0 Å². The Bertz CT molecular complexity index is 414. The van der Waals surface area contributed by atoms with Crippen LogP contribution >= 0.6 is 23.4 Å². The van der Waals surface area contributed by atoms with Crippen LogP contribution in [0.1, 0.15) is 25.7 Å².